The molecule has 2 rings (SSSR count). The van der Waals surface area contributed by atoms with Crippen molar-refractivity contribution in [3.63, 3.8) is 0 Å². The lowest BCUT2D eigenvalue weighted by Crippen LogP contribution is -2.30. The number of nitrogens with one attached hydrogen (secondary N) is 1. The lowest BCUT2D eigenvalue weighted by molar-refractivity contribution is 0.486. The fourth-order valence-electron chi connectivity index (χ4n) is 2.12. The van der Waals surface area contributed by atoms with Crippen molar-refractivity contribution < 1.29 is 4.39 Å². The predicted octanol–water partition coefficient (Wildman–Crippen LogP) is 4.78. The van der Waals surface area contributed by atoms with Crippen molar-refractivity contribution in [2.75, 3.05) is 12.4 Å². The Morgan fingerprint density at radius 1 is 1.14 bits per heavy atom. The van der Waals surface area contributed by atoms with E-state index in [2.05, 4.69) is 31.3 Å². The van der Waals surface area contributed by atoms with Crippen molar-refractivity contribution in [1.82, 2.24) is 4.90 Å². The summed E-state index contributed by atoms with van der Waals surface area (Å²) in [7, 11) is 1.85. The van der Waals surface area contributed by atoms with E-state index < -0.39 is 0 Å². The molecule has 4 heteroatoms. The number of benzene rings is 2. The van der Waals surface area contributed by atoms with Crippen LogP contribution in [-0.2, 0) is 6.54 Å². The zero-order chi connectivity index (χ0) is 16.1. The van der Waals surface area contributed by atoms with Crippen molar-refractivity contribution in [2.45, 2.75) is 26.3 Å². The SMILES string of the molecule is CC(C)c1ccc(NC(=S)N(C)Cc2ccccc2F)cc1. The summed E-state index contributed by atoms with van der Waals surface area (Å²) in [6.07, 6.45) is 0. The largest absolute Gasteiger partial charge is 0.348 e. The number of hydrogen-bond donors (Lipinski definition) is 1. The minimum atomic E-state index is -0.210. The summed E-state index contributed by atoms with van der Waals surface area (Å²) in [6, 6.07) is 14.9. The summed E-state index contributed by atoms with van der Waals surface area (Å²) in [4.78, 5) is 1.82. The molecule has 2 aromatic carbocycles. The van der Waals surface area contributed by atoms with Gasteiger partial charge in [0.05, 0.1) is 0 Å². The standard InChI is InChI=1S/C18H21FN2S/c1-13(2)14-8-10-16(11-9-14)20-18(22)21(3)12-15-6-4-5-7-17(15)19/h4-11,13H,12H2,1-3H3,(H,20,22). The number of halogens is 1. The fourth-order valence-corrected chi connectivity index (χ4v) is 2.31. The van der Waals surface area contributed by atoms with E-state index in [4.69, 9.17) is 12.2 Å². The molecule has 22 heavy (non-hydrogen) atoms. The maximum atomic E-state index is 13.7. The molecule has 0 atom stereocenters. The van der Waals surface area contributed by atoms with Gasteiger partial charge in [0.25, 0.3) is 0 Å². The molecule has 0 aliphatic carbocycles. The van der Waals surface area contributed by atoms with Crippen LogP contribution in [0.15, 0.2) is 48.5 Å². The number of nitrogens with zero attached hydrogens (tertiary/aromatic N) is 1. The molecule has 0 aliphatic heterocycles. The van der Waals surface area contributed by atoms with Crippen molar-refractivity contribution in [3.05, 3.63) is 65.5 Å². The third-order valence-electron chi connectivity index (χ3n) is 3.54. The van der Waals surface area contributed by atoms with E-state index in [1.54, 1.807) is 12.1 Å². The molecular formula is C18H21FN2S. The topological polar surface area (TPSA) is 15.3 Å². The normalized spacial score (nSPS) is 10.6. The quantitative estimate of drug-likeness (QED) is 0.817. The van der Waals surface area contributed by atoms with Crippen LogP contribution in [0.2, 0.25) is 0 Å². The molecule has 0 bridgehead atoms. The van der Waals surface area contributed by atoms with Gasteiger partial charge in [-0.1, -0.05) is 44.2 Å². The molecule has 0 spiro atoms. The van der Waals surface area contributed by atoms with Crippen LogP contribution in [0, 0.1) is 5.82 Å². The van der Waals surface area contributed by atoms with Crippen LogP contribution >= 0.6 is 12.2 Å². The van der Waals surface area contributed by atoms with Gasteiger partial charge in [-0.15, -0.1) is 0 Å². The van der Waals surface area contributed by atoms with Crippen molar-refractivity contribution in [2.24, 2.45) is 0 Å². The van der Waals surface area contributed by atoms with Crippen LogP contribution in [0.3, 0.4) is 0 Å². The van der Waals surface area contributed by atoms with E-state index in [1.807, 2.05) is 30.1 Å². The maximum Gasteiger partial charge on any atom is 0.173 e. The Hall–Kier alpha value is -1.94. The summed E-state index contributed by atoms with van der Waals surface area (Å²) in [5, 5.41) is 3.75. The summed E-state index contributed by atoms with van der Waals surface area (Å²) in [5.74, 6) is 0.295. The smallest absolute Gasteiger partial charge is 0.173 e. The highest BCUT2D eigenvalue weighted by Gasteiger charge is 2.09. The molecule has 0 amide bonds. The minimum absolute atomic E-state index is 0.210. The monoisotopic (exact) mass is 316 g/mol. The molecule has 0 heterocycles. The van der Waals surface area contributed by atoms with Gasteiger partial charge in [-0.3, -0.25) is 0 Å². The fraction of sp³-hybridized carbons (Fsp3) is 0.278. The lowest BCUT2D eigenvalue weighted by atomic mass is 10.0. The second kappa shape index (κ2) is 7.36. The van der Waals surface area contributed by atoms with Gasteiger partial charge < -0.3 is 10.2 Å². The second-order valence-corrected chi connectivity index (χ2v) is 6.04. The van der Waals surface area contributed by atoms with E-state index in [0.29, 0.717) is 23.1 Å². The zero-order valence-electron chi connectivity index (χ0n) is 13.1. The van der Waals surface area contributed by atoms with Gasteiger partial charge in [0, 0.05) is 24.8 Å². The van der Waals surface area contributed by atoms with E-state index in [0.717, 1.165) is 5.69 Å². The Morgan fingerprint density at radius 3 is 2.36 bits per heavy atom. The first-order chi connectivity index (χ1) is 10.5. The molecule has 0 unspecified atom stereocenters. The highest BCUT2D eigenvalue weighted by Crippen LogP contribution is 2.17. The van der Waals surface area contributed by atoms with Gasteiger partial charge in [-0.25, -0.2) is 4.39 Å². The Labute approximate surface area is 137 Å². The van der Waals surface area contributed by atoms with Crippen LogP contribution < -0.4 is 5.32 Å². The molecule has 0 aromatic heterocycles. The van der Waals surface area contributed by atoms with Crippen molar-refractivity contribution >= 4 is 23.0 Å². The number of thiocarbonyl (C=S) groups is 1. The van der Waals surface area contributed by atoms with Crippen molar-refractivity contribution in [3.8, 4) is 0 Å². The molecule has 2 aromatic rings. The summed E-state index contributed by atoms with van der Waals surface area (Å²) < 4.78 is 13.7. The molecule has 0 saturated heterocycles. The Kier molecular flexibility index (Phi) is 5.50. The van der Waals surface area contributed by atoms with E-state index >= 15 is 0 Å². The van der Waals surface area contributed by atoms with Crippen molar-refractivity contribution in [1.29, 1.82) is 0 Å². The van der Waals surface area contributed by atoms with Gasteiger partial charge in [-0.2, -0.15) is 0 Å². The number of anilines is 1. The minimum Gasteiger partial charge on any atom is -0.348 e. The summed E-state index contributed by atoms with van der Waals surface area (Å²) >= 11 is 5.38. The molecular weight excluding hydrogens is 295 g/mol. The Morgan fingerprint density at radius 2 is 1.77 bits per heavy atom. The maximum absolute atomic E-state index is 13.7. The molecule has 0 fully saturated rings. The lowest BCUT2D eigenvalue weighted by Gasteiger charge is -2.21. The Bertz CT molecular complexity index is 638. The third kappa shape index (κ3) is 4.28. The van der Waals surface area contributed by atoms with Crippen LogP contribution in [0.25, 0.3) is 0 Å². The van der Waals surface area contributed by atoms with Gasteiger partial charge >= 0.3 is 0 Å². The molecule has 2 nitrogen and oxygen atoms in total. The molecule has 0 aliphatic rings. The van der Waals surface area contributed by atoms with Crippen LogP contribution in [0.4, 0.5) is 10.1 Å². The van der Waals surface area contributed by atoms with Gasteiger partial charge in [0.1, 0.15) is 5.82 Å². The molecule has 0 saturated carbocycles. The first-order valence-corrected chi connectivity index (χ1v) is 7.73. The molecule has 116 valence electrons. The Balaban J connectivity index is 1.98. The average molecular weight is 316 g/mol. The van der Waals surface area contributed by atoms with Gasteiger partial charge in [0.2, 0.25) is 0 Å². The van der Waals surface area contributed by atoms with Crippen LogP contribution in [-0.4, -0.2) is 17.1 Å². The zero-order valence-corrected chi connectivity index (χ0v) is 14.0. The van der Waals surface area contributed by atoms with E-state index in [1.165, 1.54) is 11.6 Å². The van der Waals surface area contributed by atoms with Crippen LogP contribution in [0.1, 0.15) is 30.9 Å². The second-order valence-electron chi connectivity index (χ2n) is 5.65. The van der Waals surface area contributed by atoms with Gasteiger partial charge in [0.15, 0.2) is 5.11 Å². The van der Waals surface area contributed by atoms with E-state index in [9.17, 15) is 4.39 Å². The first kappa shape index (κ1) is 16.4. The first-order valence-electron chi connectivity index (χ1n) is 7.33. The van der Waals surface area contributed by atoms with E-state index in [-0.39, 0.29) is 5.82 Å². The average Bonchev–Trinajstić information content (AvgIpc) is 2.50. The highest BCUT2D eigenvalue weighted by atomic mass is 32.1. The predicted molar refractivity (Wildman–Crippen MR) is 94.6 cm³/mol. The molecule has 1 N–H and O–H groups in total. The summed E-state index contributed by atoms with van der Waals surface area (Å²) in [5.41, 5.74) is 2.86. The van der Waals surface area contributed by atoms with Crippen LogP contribution in [0.5, 0.6) is 0 Å². The van der Waals surface area contributed by atoms with Gasteiger partial charge in [-0.05, 0) is 41.9 Å². The summed E-state index contributed by atoms with van der Waals surface area (Å²) in [6.45, 7) is 4.76. The third-order valence-corrected chi connectivity index (χ3v) is 3.95. The number of rotatable bonds is 4. The highest BCUT2D eigenvalue weighted by molar-refractivity contribution is 7.80. The molecule has 0 radical (unpaired) electrons. The number of hydrogen-bond acceptors (Lipinski definition) is 1.